The Kier molecular flexibility index (Phi) is 1.65. The lowest BCUT2D eigenvalue weighted by atomic mass is 10.3. The summed E-state index contributed by atoms with van der Waals surface area (Å²) in [4.78, 5) is 23.0. The van der Waals surface area contributed by atoms with Gasteiger partial charge >= 0.3 is 0 Å². The quantitative estimate of drug-likeness (QED) is 0.611. The third-order valence-corrected chi connectivity index (χ3v) is 2.60. The van der Waals surface area contributed by atoms with Crippen molar-refractivity contribution in [2.75, 3.05) is 0 Å². The second kappa shape index (κ2) is 2.91. The van der Waals surface area contributed by atoms with Crippen LogP contribution in [0, 0.1) is 13.8 Å². The van der Waals surface area contributed by atoms with Crippen LogP contribution < -0.4 is 5.56 Å². The van der Waals surface area contributed by atoms with E-state index in [4.69, 9.17) is 0 Å². The maximum absolute atomic E-state index is 11.7. The summed E-state index contributed by atoms with van der Waals surface area (Å²) in [7, 11) is 0. The lowest BCUT2D eigenvalue weighted by Crippen LogP contribution is -2.09. The van der Waals surface area contributed by atoms with Gasteiger partial charge in [0.05, 0.1) is 0 Å². The summed E-state index contributed by atoms with van der Waals surface area (Å²) in [6.07, 6.45) is 1.86. The van der Waals surface area contributed by atoms with Crippen molar-refractivity contribution in [1.82, 2.24) is 19.4 Å². The molecule has 5 nitrogen and oxygen atoms in total. The fourth-order valence-corrected chi connectivity index (χ4v) is 1.86. The molecule has 0 amide bonds. The average molecular weight is 214 g/mol. The molecule has 3 aromatic rings. The van der Waals surface area contributed by atoms with Crippen molar-refractivity contribution >= 4 is 16.8 Å². The van der Waals surface area contributed by atoms with E-state index in [9.17, 15) is 4.79 Å². The molecule has 3 aromatic heterocycles. The van der Waals surface area contributed by atoms with Crippen LogP contribution >= 0.6 is 0 Å². The first kappa shape index (κ1) is 9.08. The molecule has 0 saturated carbocycles. The fourth-order valence-electron chi connectivity index (χ4n) is 1.86. The molecule has 0 radical (unpaired) electrons. The van der Waals surface area contributed by atoms with Gasteiger partial charge in [-0.1, -0.05) is 6.07 Å². The number of H-pyrrole nitrogens is 1. The molecule has 0 saturated heterocycles. The third kappa shape index (κ3) is 1.08. The summed E-state index contributed by atoms with van der Waals surface area (Å²) in [6.45, 7) is 3.72. The predicted molar refractivity (Wildman–Crippen MR) is 60.6 cm³/mol. The van der Waals surface area contributed by atoms with E-state index in [1.54, 1.807) is 6.92 Å². The molecule has 0 spiro atoms. The van der Waals surface area contributed by atoms with Gasteiger partial charge in [0.1, 0.15) is 11.5 Å². The van der Waals surface area contributed by atoms with Crippen LogP contribution in [0.2, 0.25) is 0 Å². The Morgan fingerprint density at radius 1 is 1.25 bits per heavy atom. The first-order valence-corrected chi connectivity index (χ1v) is 5.01. The molecule has 3 heterocycles. The molecule has 0 unspecified atom stereocenters. The Morgan fingerprint density at radius 2 is 2.06 bits per heavy atom. The predicted octanol–water partition coefficient (Wildman–Crippen LogP) is 1.19. The molecule has 0 aliphatic heterocycles. The van der Waals surface area contributed by atoms with Crippen LogP contribution in [0.1, 0.15) is 11.4 Å². The van der Waals surface area contributed by atoms with E-state index in [1.807, 2.05) is 29.7 Å². The monoisotopic (exact) mass is 214 g/mol. The summed E-state index contributed by atoms with van der Waals surface area (Å²) in [5, 5.41) is 0. The number of rotatable bonds is 0. The van der Waals surface area contributed by atoms with Gasteiger partial charge in [-0.25, -0.2) is 9.97 Å². The van der Waals surface area contributed by atoms with Crippen molar-refractivity contribution in [3.8, 4) is 0 Å². The molecule has 0 aliphatic carbocycles. The van der Waals surface area contributed by atoms with E-state index in [0.29, 0.717) is 17.0 Å². The average Bonchev–Trinajstić information content (AvgIpc) is 2.59. The zero-order chi connectivity index (χ0) is 11.3. The molecule has 3 rings (SSSR count). The first-order chi connectivity index (χ1) is 7.66. The molecule has 1 N–H and O–H groups in total. The molecular formula is C11H10N4O. The Hall–Kier alpha value is -2.17. The molecule has 80 valence electrons. The zero-order valence-electron chi connectivity index (χ0n) is 8.98. The fraction of sp³-hybridized carbons (Fsp3) is 0.182. The van der Waals surface area contributed by atoms with Crippen LogP contribution in [0.4, 0.5) is 0 Å². The number of aryl methyl sites for hydroxylation is 2. The molecular weight excluding hydrogens is 204 g/mol. The van der Waals surface area contributed by atoms with Gasteiger partial charge in [-0.2, -0.15) is 0 Å². The highest BCUT2D eigenvalue weighted by molar-refractivity contribution is 5.76. The van der Waals surface area contributed by atoms with Gasteiger partial charge in [-0.3, -0.25) is 9.20 Å². The van der Waals surface area contributed by atoms with Crippen LogP contribution in [-0.2, 0) is 0 Å². The van der Waals surface area contributed by atoms with Crippen molar-refractivity contribution < 1.29 is 0 Å². The minimum Gasteiger partial charge on any atom is -0.309 e. The van der Waals surface area contributed by atoms with Crippen LogP contribution in [0.5, 0.6) is 0 Å². The minimum absolute atomic E-state index is 0.189. The number of imidazole rings is 1. The van der Waals surface area contributed by atoms with E-state index >= 15 is 0 Å². The number of hydrogen-bond acceptors (Lipinski definition) is 3. The SMILES string of the molecule is Cc1nc2c(nc3c(C)cccn32)c(=O)[nH]1. The van der Waals surface area contributed by atoms with Gasteiger partial charge in [-0.15, -0.1) is 0 Å². The molecule has 5 heteroatoms. The number of nitrogens with one attached hydrogen (secondary N) is 1. The summed E-state index contributed by atoms with van der Waals surface area (Å²) in [6, 6.07) is 3.88. The highest BCUT2D eigenvalue weighted by atomic mass is 16.1. The van der Waals surface area contributed by atoms with E-state index in [-0.39, 0.29) is 5.56 Å². The number of pyridine rings is 1. The van der Waals surface area contributed by atoms with E-state index in [2.05, 4.69) is 15.0 Å². The maximum atomic E-state index is 11.7. The Bertz CT molecular complexity index is 754. The van der Waals surface area contributed by atoms with E-state index in [1.165, 1.54) is 0 Å². The van der Waals surface area contributed by atoms with Gasteiger partial charge in [-0.05, 0) is 25.5 Å². The van der Waals surface area contributed by atoms with Crippen LogP contribution in [0.3, 0.4) is 0 Å². The van der Waals surface area contributed by atoms with Gasteiger partial charge in [0, 0.05) is 6.20 Å². The third-order valence-electron chi connectivity index (χ3n) is 2.60. The Balaban J connectivity index is 2.67. The normalized spacial score (nSPS) is 11.4. The van der Waals surface area contributed by atoms with Gasteiger partial charge < -0.3 is 4.98 Å². The number of aromatic nitrogens is 4. The molecule has 0 aliphatic rings. The largest absolute Gasteiger partial charge is 0.309 e. The Morgan fingerprint density at radius 3 is 2.88 bits per heavy atom. The van der Waals surface area contributed by atoms with E-state index in [0.717, 1.165) is 11.2 Å². The standard InChI is InChI=1S/C11H10N4O/c1-6-4-3-5-15-9(6)14-8-10(15)12-7(2)13-11(8)16/h3-5H,1-2H3,(H,12,13,16). The second-order valence-electron chi connectivity index (χ2n) is 3.82. The summed E-state index contributed by atoms with van der Waals surface area (Å²) >= 11 is 0. The molecule has 0 fully saturated rings. The van der Waals surface area contributed by atoms with Crippen molar-refractivity contribution in [2.45, 2.75) is 13.8 Å². The number of hydrogen-bond donors (Lipinski definition) is 1. The number of nitrogens with zero attached hydrogens (tertiary/aromatic N) is 3. The van der Waals surface area contributed by atoms with Gasteiger partial charge in [0.2, 0.25) is 0 Å². The minimum atomic E-state index is -0.189. The van der Waals surface area contributed by atoms with Crippen LogP contribution in [-0.4, -0.2) is 19.4 Å². The second-order valence-corrected chi connectivity index (χ2v) is 3.82. The summed E-state index contributed by atoms with van der Waals surface area (Å²) in [5.74, 6) is 0.598. The van der Waals surface area contributed by atoms with Crippen molar-refractivity contribution in [3.63, 3.8) is 0 Å². The van der Waals surface area contributed by atoms with Crippen LogP contribution in [0.15, 0.2) is 23.1 Å². The number of aromatic amines is 1. The molecule has 0 bridgehead atoms. The topological polar surface area (TPSA) is 63.1 Å². The van der Waals surface area contributed by atoms with Gasteiger partial charge in [0.15, 0.2) is 11.2 Å². The maximum Gasteiger partial charge on any atom is 0.279 e. The highest BCUT2D eigenvalue weighted by Gasteiger charge is 2.10. The smallest absolute Gasteiger partial charge is 0.279 e. The molecule has 0 atom stereocenters. The van der Waals surface area contributed by atoms with Crippen LogP contribution in [0.25, 0.3) is 16.8 Å². The van der Waals surface area contributed by atoms with Gasteiger partial charge in [0.25, 0.3) is 5.56 Å². The Labute approximate surface area is 90.8 Å². The number of fused-ring (bicyclic) bond motifs is 3. The molecule has 0 aromatic carbocycles. The molecule has 16 heavy (non-hydrogen) atoms. The lowest BCUT2D eigenvalue weighted by Gasteiger charge is -1.96. The first-order valence-electron chi connectivity index (χ1n) is 5.01. The highest BCUT2D eigenvalue weighted by Crippen LogP contribution is 2.14. The van der Waals surface area contributed by atoms with Crippen molar-refractivity contribution in [3.05, 3.63) is 40.1 Å². The summed E-state index contributed by atoms with van der Waals surface area (Å²) < 4.78 is 1.84. The summed E-state index contributed by atoms with van der Waals surface area (Å²) in [5.41, 5.74) is 2.61. The lowest BCUT2D eigenvalue weighted by molar-refractivity contribution is 1.03. The zero-order valence-corrected chi connectivity index (χ0v) is 8.98. The van der Waals surface area contributed by atoms with E-state index < -0.39 is 0 Å². The van der Waals surface area contributed by atoms with Crippen molar-refractivity contribution in [2.24, 2.45) is 0 Å². The van der Waals surface area contributed by atoms with Crippen molar-refractivity contribution in [1.29, 1.82) is 0 Å².